The molecule has 128 valence electrons. The molecule has 0 aliphatic rings. The van der Waals surface area contributed by atoms with E-state index in [9.17, 15) is 4.79 Å². The number of aryl methyl sites for hydroxylation is 2. The number of carbonyl (C=O) groups excluding carboxylic acids is 1. The van der Waals surface area contributed by atoms with E-state index < -0.39 is 0 Å². The highest BCUT2D eigenvalue weighted by Crippen LogP contribution is 2.23. The summed E-state index contributed by atoms with van der Waals surface area (Å²) in [5.74, 6) is 1.08. The Morgan fingerprint density at radius 3 is 2.71 bits per heavy atom. The molecule has 0 aliphatic heterocycles. The fourth-order valence-electron chi connectivity index (χ4n) is 2.70. The van der Waals surface area contributed by atoms with Gasteiger partial charge in [0.05, 0.1) is 0 Å². The second kappa shape index (κ2) is 8.43. The van der Waals surface area contributed by atoms with Crippen molar-refractivity contribution in [2.45, 2.75) is 46.5 Å². The normalized spacial score (nSPS) is 10.6. The first-order valence-electron chi connectivity index (χ1n) is 8.46. The summed E-state index contributed by atoms with van der Waals surface area (Å²) in [5, 5.41) is 3.40. The Morgan fingerprint density at radius 1 is 1.21 bits per heavy atom. The number of unbranched alkanes of at least 4 members (excludes halogenated alkanes) is 2. The molecule has 0 saturated carbocycles. The lowest BCUT2D eigenvalue weighted by Gasteiger charge is -2.15. The summed E-state index contributed by atoms with van der Waals surface area (Å²) in [6.45, 7) is 7.04. The number of carbonyl (C=O) groups is 1. The number of aromatic nitrogens is 2. The van der Waals surface area contributed by atoms with Gasteiger partial charge in [0.2, 0.25) is 5.95 Å². The van der Waals surface area contributed by atoms with Crippen molar-refractivity contribution in [3.8, 4) is 0 Å². The minimum Gasteiger partial charge on any atom is -0.370 e. The molecule has 1 aromatic heterocycles. The quantitative estimate of drug-likeness (QED) is 0.571. The van der Waals surface area contributed by atoms with Crippen LogP contribution in [0.15, 0.2) is 18.2 Å². The van der Waals surface area contributed by atoms with Gasteiger partial charge in [-0.3, -0.25) is 4.79 Å². The monoisotopic (exact) mass is 326 g/mol. The first kappa shape index (κ1) is 17.9. The van der Waals surface area contributed by atoms with Gasteiger partial charge in [0, 0.05) is 29.8 Å². The average molecular weight is 326 g/mol. The Labute approximate surface area is 143 Å². The van der Waals surface area contributed by atoms with Gasteiger partial charge < -0.3 is 11.1 Å². The standard InChI is InChI=1S/C19H26N4O/c1-4-5-6-9-21-18-17(14(3)22-19(20)23-18)11-16-10-15(12-24)8-7-13(16)2/h7-8,10,12H,4-6,9,11H2,1-3H3,(H3,20,21,22,23). The van der Waals surface area contributed by atoms with E-state index in [4.69, 9.17) is 5.73 Å². The number of benzene rings is 1. The third-order valence-electron chi connectivity index (χ3n) is 4.18. The third kappa shape index (κ3) is 4.54. The lowest BCUT2D eigenvalue weighted by Crippen LogP contribution is -2.12. The Kier molecular flexibility index (Phi) is 6.29. The van der Waals surface area contributed by atoms with E-state index in [0.29, 0.717) is 12.0 Å². The van der Waals surface area contributed by atoms with Crippen molar-refractivity contribution in [2.24, 2.45) is 0 Å². The van der Waals surface area contributed by atoms with E-state index in [1.807, 2.05) is 32.0 Å². The van der Waals surface area contributed by atoms with Gasteiger partial charge in [0.15, 0.2) is 0 Å². The highest BCUT2D eigenvalue weighted by atomic mass is 16.1. The van der Waals surface area contributed by atoms with Gasteiger partial charge in [-0.05, 0) is 37.5 Å². The van der Waals surface area contributed by atoms with Crippen LogP contribution in [0.2, 0.25) is 0 Å². The molecule has 0 bridgehead atoms. The van der Waals surface area contributed by atoms with Crippen LogP contribution in [0.1, 0.15) is 58.9 Å². The van der Waals surface area contributed by atoms with Crippen molar-refractivity contribution in [3.05, 3.63) is 46.1 Å². The fourth-order valence-corrected chi connectivity index (χ4v) is 2.70. The van der Waals surface area contributed by atoms with E-state index in [1.165, 1.54) is 12.8 Å². The number of anilines is 2. The van der Waals surface area contributed by atoms with E-state index in [1.54, 1.807) is 0 Å². The Balaban J connectivity index is 2.29. The zero-order valence-electron chi connectivity index (χ0n) is 14.7. The molecule has 0 aliphatic carbocycles. The second-order valence-corrected chi connectivity index (χ2v) is 6.11. The molecule has 24 heavy (non-hydrogen) atoms. The first-order chi connectivity index (χ1) is 11.5. The number of nitrogens with zero attached hydrogens (tertiary/aromatic N) is 2. The molecule has 0 amide bonds. The Morgan fingerprint density at radius 2 is 2.00 bits per heavy atom. The van der Waals surface area contributed by atoms with Crippen molar-refractivity contribution < 1.29 is 4.79 Å². The summed E-state index contributed by atoms with van der Waals surface area (Å²) in [5.41, 5.74) is 10.7. The molecule has 0 spiro atoms. The van der Waals surface area contributed by atoms with Crippen molar-refractivity contribution in [3.63, 3.8) is 0 Å². The molecule has 1 aromatic carbocycles. The minimum atomic E-state index is 0.285. The smallest absolute Gasteiger partial charge is 0.222 e. The molecule has 2 aromatic rings. The summed E-state index contributed by atoms with van der Waals surface area (Å²) in [7, 11) is 0. The van der Waals surface area contributed by atoms with Crippen molar-refractivity contribution in [2.75, 3.05) is 17.6 Å². The summed E-state index contributed by atoms with van der Waals surface area (Å²) in [6.07, 6.45) is 5.01. The predicted molar refractivity (Wildman–Crippen MR) is 98.6 cm³/mol. The Hall–Kier alpha value is -2.43. The molecule has 1 heterocycles. The van der Waals surface area contributed by atoms with Crippen LogP contribution in [-0.2, 0) is 6.42 Å². The van der Waals surface area contributed by atoms with Gasteiger partial charge in [-0.2, -0.15) is 4.98 Å². The van der Waals surface area contributed by atoms with Crippen LogP contribution < -0.4 is 11.1 Å². The lowest BCUT2D eigenvalue weighted by atomic mass is 9.98. The van der Waals surface area contributed by atoms with Crippen LogP contribution in [0.4, 0.5) is 11.8 Å². The molecular formula is C19H26N4O. The van der Waals surface area contributed by atoms with E-state index in [0.717, 1.165) is 47.5 Å². The van der Waals surface area contributed by atoms with Gasteiger partial charge in [-0.1, -0.05) is 31.9 Å². The summed E-state index contributed by atoms with van der Waals surface area (Å²) < 4.78 is 0. The zero-order valence-corrected chi connectivity index (χ0v) is 14.7. The molecule has 0 atom stereocenters. The maximum Gasteiger partial charge on any atom is 0.222 e. The second-order valence-electron chi connectivity index (χ2n) is 6.11. The number of nitrogens with two attached hydrogens (primary N) is 1. The van der Waals surface area contributed by atoms with Crippen LogP contribution in [0.25, 0.3) is 0 Å². The fraction of sp³-hybridized carbons (Fsp3) is 0.421. The van der Waals surface area contributed by atoms with Gasteiger partial charge in [-0.15, -0.1) is 0 Å². The van der Waals surface area contributed by atoms with Crippen molar-refractivity contribution in [1.82, 2.24) is 9.97 Å². The first-order valence-corrected chi connectivity index (χ1v) is 8.46. The molecule has 0 fully saturated rings. The highest BCUT2D eigenvalue weighted by Gasteiger charge is 2.13. The molecule has 0 radical (unpaired) electrons. The lowest BCUT2D eigenvalue weighted by molar-refractivity contribution is 0.112. The van der Waals surface area contributed by atoms with Crippen LogP contribution in [0, 0.1) is 13.8 Å². The van der Waals surface area contributed by atoms with Crippen LogP contribution in [-0.4, -0.2) is 22.8 Å². The SMILES string of the molecule is CCCCCNc1nc(N)nc(C)c1Cc1cc(C=O)ccc1C. The van der Waals surface area contributed by atoms with E-state index in [-0.39, 0.29) is 5.95 Å². The maximum atomic E-state index is 11.1. The molecule has 5 nitrogen and oxygen atoms in total. The van der Waals surface area contributed by atoms with E-state index >= 15 is 0 Å². The van der Waals surface area contributed by atoms with Gasteiger partial charge >= 0.3 is 0 Å². The third-order valence-corrected chi connectivity index (χ3v) is 4.18. The number of hydrogen-bond acceptors (Lipinski definition) is 5. The summed E-state index contributed by atoms with van der Waals surface area (Å²) >= 11 is 0. The molecular weight excluding hydrogens is 300 g/mol. The maximum absolute atomic E-state index is 11.1. The molecule has 0 unspecified atom stereocenters. The van der Waals surface area contributed by atoms with Gasteiger partial charge in [-0.25, -0.2) is 4.98 Å². The topological polar surface area (TPSA) is 80.9 Å². The number of rotatable bonds is 8. The molecule has 2 rings (SSSR count). The van der Waals surface area contributed by atoms with Crippen LogP contribution >= 0.6 is 0 Å². The van der Waals surface area contributed by atoms with Crippen LogP contribution in [0.3, 0.4) is 0 Å². The average Bonchev–Trinajstić information content (AvgIpc) is 2.56. The molecule has 3 N–H and O–H groups in total. The largest absolute Gasteiger partial charge is 0.370 e. The zero-order chi connectivity index (χ0) is 17.5. The highest BCUT2D eigenvalue weighted by molar-refractivity contribution is 5.75. The number of nitrogens with one attached hydrogen (secondary N) is 1. The number of nitrogen functional groups attached to an aromatic ring is 1. The summed E-state index contributed by atoms with van der Waals surface area (Å²) in [4.78, 5) is 19.7. The van der Waals surface area contributed by atoms with Gasteiger partial charge in [0.1, 0.15) is 12.1 Å². The van der Waals surface area contributed by atoms with E-state index in [2.05, 4.69) is 22.2 Å². The molecule has 0 saturated heterocycles. The van der Waals surface area contributed by atoms with Crippen LogP contribution in [0.5, 0.6) is 0 Å². The van der Waals surface area contributed by atoms with Crippen molar-refractivity contribution in [1.29, 1.82) is 0 Å². The number of aldehydes is 1. The summed E-state index contributed by atoms with van der Waals surface area (Å²) in [6, 6.07) is 5.74. The minimum absolute atomic E-state index is 0.285. The van der Waals surface area contributed by atoms with Crippen molar-refractivity contribution >= 4 is 18.1 Å². The van der Waals surface area contributed by atoms with Gasteiger partial charge in [0.25, 0.3) is 0 Å². The molecule has 5 heteroatoms. The number of hydrogen-bond donors (Lipinski definition) is 2. The Bertz CT molecular complexity index is 713. The predicted octanol–water partition coefficient (Wildman–Crippen LogP) is 3.68.